The lowest BCUT2D eigenvalue weighted by Crippen LogP contribution is -2.34. The highest BCUT2D eigenvalue weighted by Gasteiger charge is 2.07. The van der Waals surface area contributed by atoms with E-state index in [1.54, 1.807) is 0 Å². The molecule has 0 amide bonds. The van der Waals surface area contributed by atoms with E-state index in [1.165, 1.54) is 0 Å². The number of hydrogen-bond donors (Lipinski definition) is 2. The van der Waals surface area contributed by atoms with E-state index in [9.17, 15) is 0 Å². The van der Waals surface area contributed by atoms with Gasteiger partial charge in [0.05, 0.1) is 0 Å². The van der Waals surface area contributed by atoms with Crippen molar-refractivity contribution in [2.75, 3.05) is 39.3 Å². The first-order valence-electron chi connectivity index (χ1n) is 5.78. The average molecular weight is 202 g/mol. The van der Waals surface area contributed by atoms with E-state index in [0.717, 1.165) is 39.1 Å². The first kappa shape index (κ1) is 13.9. The summed E-state index contributed by atoms with van der Waals surface area (Å²) in [7, 11) is 0. The maximum atomic E-state index is 8.75. The summed E-state index contributed by atoms with van der Waals surface area (Å²) in [5, 5.41) is 12.1. The lowest BCUT2D eigenvalue weighted by Gasteiger charge is -2.24. The van der Waals surface area contributed by atoms with Gasteiger partial charge >= 0.3 is 0 Å². The number of nitrogens with one attached hydrogen (secondary N) is 1. The van der Waals surface area contributed by atoms with E-state index in [2.05, 4.69) is 31.0 Å². The van der Waals surface area contributed by atoms with Crippen molar-refractivity contribution in [3.8, 4) is 0 Å². The molecule has 2 N–H and O–H groups in total. The van der Waals surface area contributed by atoms with Crippen LogP contribution in [0.2, 0.25) is 0 Å². The predicted octanol–water partition coefficient (Wildman–Crippen LogP) is 0.936. The van der Waals surface area contributed by atoms with Crippen molar-refractivity contribution in [1.82, 2.24) is 10.2 Å². The van der Waals surface area contributed by atoms with Gasteiger partial charge in [-0.3, -0.25) is 0 Å². The fraction of sp³-hybridized carbons (Fsp3) is 1.00. The molecular formula is C11H26N2O. The molecule has 0 fully saturated rings. The van der Waals surface area contributed by atoms with Gasteiger partial charge in [0.1, 0.15) is 0 Å². The fourth-order valence-corrected chi connectivity index (χ4v) is 1.57. The highest BCUT2D eigenvalue weighted by molar-refractivity contribution is 4.63. The van der Waals surface area contributed by atoms with Crippen molar-refractivity contribution in [3.63, 3.8) is 0 Å². The number of hydrogen-bond acceptors (Lipinski definition) is 3. The normalized spacial score (nSPS) is 13.5. The minimum atomic E-state index is 0.304. The van der Waals surface area contributed by atoms with Crippen LogP contribution in [0.5, 0.6) is 0 Å². The first-order valence-corrected chi connectivity index (χ1v) is 5.78. The minimum Gasteiger partial charge on any atom is -0.396 e. The van der Waals surface area contributed by atoms with Gasteiger partial charge in [-0.15, -0.1) is 0 Å². The zero-order valence-electron chi connectivity index (χ0n) is 9.92. The summed E-state index contributed by atoms with van der Waals surface area (Å²) in [4.78, 5) is 2.40. The summed E-state index contributed by atoms with van der Waals surface area (Å²) in [5.74, 6) is 0.689. The Hall–Kier alpha value is -0.120. The third-order valence-corrected chi connectivity index (χ3v) is 2.39. The summed E-state index contributed by atoms with van der Waals surface area (Å²) in [6, 6.07) is 0. The van der Waals surface area contributed by atoms with Gasteiger partial charge in [-0.25, -0.2) is 0 Å². The van der Waals surface area contributed by atoms with Crippen LogP contribution in [0.1, 0.15) is 27.2 Å². The quantitative estimate of drug-likeness (QED) is 0.584. The molecule has 3 nitrogen and oxygen atoms in total. The van der Waals surface area contributed by atoms with Gasteiger partial charge in [-0.05, 0) is 32.0 Å². The van der Waals surface area contributed by atoms with Crippen LogP contribution < -0.4 is 5.32 Å². The molecule has 0 aliphatic heterocycles. The van der Waals surface area contributed by atoms with Crippen LogP contribution in [0, 0.1) is 5.92 Å². The topological polar surface area (TPSA) is 35.5 Å². The Morgan fingerprint density at radius 3 is 2.57 bits per heavy atom. The van der Waals surface area contributed by atoms with E-state index in [1.807, 2.05) is 0 Å². The van der Waals surface area contributed by atoms with Gasteiger partial charge < -0.3 is 15.3 Å². The first-order chi connectivity index (χ1) is 6.74. The van der Waals surface area contributed by atoms with Crippen LogP contribution in [0.3, 0.4) is 0 Å². The summed E-state index contributed by atoms with van der Waals surface area (Å²) in [6.07, 6.45) is 0.891. The Kier molecular flexibility index (Phi) is 9.35. The maximum Gasteiger partial charge on any atom is 0.0443 e. The van der Waals surface area contributed by atoms with Gasteiger partial charge in [0.2, 0.25) is 0 Å². The van der Waals surface area contributed by atoms with Crippen molar-refractivity contribution in [1.29, 1.82) is 0 Å². The third kappa shape index (κ3) is 7.30. The molecule has 0 saturated carbocycles. The zero-order valence-corrected chi connectivity index (χ0v) is 9.92. The minimum absolute atomic E-state index is 0.304. The van der Waals surface area contributed by atoms with Crippen molar-refractivity contribution in [2.24, 2.45) is 5.92 Å². The molecular weight excluding hydrogens is 176 g/mol. The van der Waals surface area contributed by atoms with E-state index in [4.69, 9.17) is 5.11 Å². The molecule has 0 spiro atoms. The molecule has 86 valence electrons. The standard InChI is InChI=1S/C11H26N2O/c1-4-12-9-11(3)10-13(5-2)7-6-8-14/h11-12,14H,4-10H2,1-3H3. The van der Waals surface area contributed by atoms with E-state index < -0.39 is 0 Å². The summed E-state index contributed by atoms with van der Waals surface area (Å²) in [6.45, 7) is 12.2. The third-order valence-electron chi connectivity index (χ3n) is 2.39. The monoisotopic (exact) mass is 202 g/mol. The van der Waals surface area contributed by atoms with Gasteiger partial charge in [0, 0.05) is 19.7 Å². The van der Waals surface area contributed by atoms with Crippen LogP contribution >= 0.6 is 0 Å². The smallest absolute Gasteiger partial charge is 0.0443 e. The number of aliphatic hydroxyl groups excluding tert-OH is 1. The second-order valence-electron chi connectivity index (χ2n) is 3.88. The summed E-state index contributed by atoms with van der Waals surface area (Å²) >= 11 is 0. The Morgan fingerprint density at radius 1 is 1.36 bits per heavy atom. The Balaban J connectivity index is 3.57. The van der Waals surface area contributed by atoms with Crippen molar-refractivity contribution in [2.45, 2.75) is 27.2 Å². The van der Waals surface area contributed by atoms with Crippen LogP contribution in [0.15, 0.2) is 0 Å². The van der Waals surface area contributed by atoms with E-state index in [0.29, 0.717) is 12.5 Å². The van der Waals surface area contributed by atoms with E-state index >= 15 is 0 Å². The molecule has 0 aromatic rings. The zero-order chi connectivity index (χ0) is 10.8. The second-order valence-corrected chi connectivity index (χ2v) is 3.88. The van der Waals surface area contributed by atoms with Gasteiger partial charge in [0.15, 0.2) is 0 Å². The van der Waals surface area contributed by atoms with Crippen molar-refractivity contribution < 1.29 is 5.11 Å². The molecule has 0 aliphatic carbocycles. The summed E-state index contributed by atoms with van der Waals surface area (Å²) < 4.78 is 0. The molecule has 0 saturated heterocycles. The van der Waals surface area contributed by atoms with E-state index in [-0.39, 0.29) is 0 Å². The lowest BCUT2D eigenvalue weighted by atomic mass is 10.1. The highest BCUT2D eigenvalue weighted by Crippen LogP contribution is 1.99. The Labute approximate surface area is 88.5 Å². The molecule has 0 aromatic carbocycles. The molecule has 0 heterocycles. The number of rotatable bonds is 9. The molecule has 0 radical (unpaired) electrons. The molecule has 0 rings (SSSR count). The van der Waals surface area contributed by atoms with Gasteiger partial charge in [-0.2, -0.15) is 0 Å². The largest absolute Gasteiger partial charge is 0.396 e. The molecule has 0 aromatic heterocycles. The van der Waals surface area contributed by atoms with Gasteiger partial charge in [-0.1, -0.05) is 20.8 Å². The summed E-state index contributed by atoms with van der Waals surface area (Å²) in [5.41, 5.74) is 0. The van der Waals surface area contributed by atoms with Crippen LogP contribution in [-0.2, 0) is 0 Å². The highest BCUT2D eigenvalue weighted by atomic mass is 16.3. The molecule has 0 aliphatic rings. The molecule has 1 unspecified atom stereocenters. The molecule has 14 heavy (non-hydrogen) atoms. The van der Waals surface area contributed by atoms with Crippen LogP contribution in [-0.4, -0.2) is 49.3 Å². The Morgan fingerprint density at radius 2 is 2.07 bits per heavy atom. The SMILES string of the molecule is CCNCC(C)CN(CC)CCCO. The van der Waals surface area contributed by atoms with Crippen molar-refractivity contribution in [3.05, 3.63) is 0 Å². The maximum absolute atomic E-state index is 8.75. The molecule has 0 bridgehead atoms. The van der Waals surface area contributed by atoms with Gasteiger partial charge in [0.25, 0.3) is 0 Å². The van der Waals surface area contributed by atoms with Crippen molar-refractivity contribution >= 4 is 0 Å². The lowest BCUT2D eigenvalue weighted by molar-refractivity contribution is 0.210. The predicted molar refractivity (Wildman–Crippen MR) is 61.5 cm³/mol. The number of nitrogens with zero attached hydrogens (tertiary/aromatic N) is 1. The van der Waals surface area contributed by atoms with Crippen LogP contribution in [0.4, 0.5) is 0 Å². The number of aliphatic hydroxyl groups is 1. The average Bonchev–Trinajstić information content (AvgIpc) is 2.21. The molecule has 1 atom stereocenters. The Bertz CT molecular complexity index is 120. The fourth-order valence-electron chi connectivity index (χ4n) is 1.57. The molecule has 3 heteroatoms. The van der Waals surface area contributed by atoms with Crippen LogP contribution in [0.25, 0.3) is 0 Å². The second kappa shape index (κ2) is 9.44.